The van der Waals surface area contributed by atoms with Crippen LogP contribution in [-0.4, -0.2) is 29.1 Å². The van der Waals surface area contributed by atoms with Crippen LogP contribution in [0.15, 0.2) is 29.1 Å². The second-order valence-electron chi connectivity index (χ2n) is 7.55. The lowest BCUT2D eigenvalue weighted by atomic mass is 10.2. The second kappa shape index (κ2) is 7.99. The summed E-state index contributed by atoms with van der Waals surface area (Å²) in [6, 6.07) is 7.78. The van der Waals surface area contributed by atoms with Crippen molar-refractivity contribution >= 4 is 38.8 Å². The normalized spacial score (nSPS) is 13.8. The van der Waals surface area contributed by atoms with Crippen LogP contribution >= 0.6 is 11.3 Å². The lowest BCUT2D eigenvalue weighted by molar-refractivity contribution is 0.103. The van der Waals surface area contributed by atoms with Gasteiger partial charge in [-0.25, -0.2) is 4.98 Å². The standard InChI is InChI=1S/C22H26N4O2S/c1-4-25(3)16-10-8-9-15(13-16)23-20(27)19-14(2)18-21(29-19)24-17-11-6-5-7-12-26(17)22(18)28/h8-10,13H,4-7,11-12H2,1-3H3,(H,23,27). The molecule has 1 aliphatic rings. The molecule has 0 aliphatic carbocycles. The van der Waals surface area contributed by atoms with E-state index in [0.29, 0.717) is 21.6 Å². The minimum Gasteiger partial charge on any atom is -0.375 e. The van der Waals surface area contributed by atoms with Crippen molar-refractivity contribution in [3.63, 3.8) is 0 Å². The Kier molecular flexibility index (Phi) is 5.41. The number of aryl methyl sites for hydroxylation is 2. The van der Waals surface area contributed by atoms with Gasteiger partial charge in [-0.05, 0) is 50.5 Å². The number of anilines is 2. The molecule has 0 saturated carbocycles. The highest BCUT2D eigenvalue weighted by atomic mass is 32.1. The van der Waals surface area contributed by atoms with Gasteiger partial charge in [-0.1, -0.05) is 12.5 Å². The summed E-state index contributed by atoms with van der Waals surface area (Å²) in [5, 5.41) is 3.57. The maximum Gasteiger partial charge on any atom is 0.266 e. The third-order valence-electron chi connectivity index (χ3n) is 5.64. The summed E-state index contributed by atoms with van der Waals surface area (Å²) in [6.07, 6.45) is 3.99. The molecule has 1 aromatic carbocycles. The molecule has 152 valence electrons. The number of carbonyl (C=O) groups is 1. The zero-order chi connectivity index (χ0) is 20.5. The zero-order valence-corrected chi connectivity index (χ0v) is 17.9. The highest BCUT2D eigenvalue weighted by Crippen LogP contribution is 2.29. The number of thiophene rings is 1. The fourth-order valence-electron chi connectivity index (χ4n) is 3.82. The smallest absolute Gasteiger partial charge is 0.266 e. The molecular formula is C22H26N4O2S. The average Bonchev–Trinajstić information content (AvgIpc) is 2.89. The molecule has 0 spiro atoms. The van der Waals surface area contributed by atoms with Gasteiger partial charge in [0.05, 0.1) is 10.3 Å². The summed E-state index contributed by atoms with van der Waals surface area (Å²) in [4.78, 5) is 34.2. The van der Waals surface area contributed by atoms with Gasteiger partial charge in [-0.3, -0.25) is 14.2 Å². The Morgan fingerprint density at radius 2 is 2.14 bits per heavy atom. The van der Waals surface area contributed by atoms with Crippen molar-refractivity contribution in [2.24, 2.45) is 0 Å². The van der Waals surface area contributed by atoms with Crippen LogP contribution in [-0.2, 0) is 13.0 Å². The first-order valence-electron chi connectivity index (χ1n) is 10.1. The highest BCUT2D eigenvalue weighted by Gasteiger charge is 2.22. The number of nitrogens with one attached hydrogen (secondary N) is 1. The van der Waals surface area contributed by atoms with E-state index in [-0.39, 0.29) is 11.5 Å². The Labute approximate surface area is 174 Å². The van der Waals surface area contributed by atoms with Crippen molar-refractivity contribution in [2.45, 2.75) is 46.1 Å². The quantitative estimate of drug-likeness (QED) is 0.700. The van der Waals surface area contributed by atoms with Crippen molar-refractivity contribution < 1.29 is 4.79 Å². The van der Waals surface area contributed by atoms with Gasteiger partial charge in [0.25, 0.3) is 11.5 Å². The van der Waals surface area contributed by atoms with E-state index in [4.69, 9.17) is 4.98 Å². The van der Waals surface area contributed by atoms with E-state index in [0.717, 1.165) is 55.0 Å². The van der Waals surface area contributed by atoms with Gasteiger partial charge in [-0.15, -0.1) is 11.3 Å². The molecule has 1 amide bonds. The number of nitrogens with zero attached hydrogens (tertiary/aromatic N) is 3. The minimum atomic E-state index is -0.193. The molecular weight excluding hydrogens is 384 g/mol. The third kappa shape index (κ3) is 3.67. The van der Waals surface area contributed by atoms with Crippen LogP contribution in [0, 0.1) is 6.92 Å². The molecule has 7 heteroatoms. The third-order valence-corrected chi connectivity index (χ3v) is 6.82. The van der Waals surface area contributed by atoms with Gasteiger partial charge in [-0.2, -0.15) is 0 Å². The number of carbonyl (C=O) groups excluding carboxylic acids is 1. The Balaban J connectivity index is 1.69. The number of benzene rings is 1. The molecule has 0 bridgehead atoms. The summed E-state index contributed by atoms with van der Waals surface area (Å²) in [5.41, 5.74) is 2.50. The van der Waals surface area contributed by atoms with Gasteiger partial charge in [0.15, 0.2) is 0 Å². The Hall–Kier alpha value is -2.67. The fourth-order valence-corrected chi connectivity index (χ4v) is 4.90. The van der Waals surface area contributed by atoms with E-state index < -0.39 is 0 Å². The van der Waals surface area contributed by atoms with Crippen LogP contribution in [0.1, 0.15) is 47.2 Å². The van der Waals surface area contributed by atoms with Gasteiger partial charge in [0, 0.05) is 37.9 Å². The molecule has 0 unspecified atom stereocenters. The summed E-state index contributed by atoms with van der Waals surface area (Å²) in [5.74, 6) is 0.657. The van der Waals surface area contributed by atoms with Crippen LogP contribution in [0.4, 0.5) is 11.4 Å². The van der Waals surface area contributed by atoms with Gasteiger partial charge in [0.1, 0.15) is 10.7 Å². The molecule has 3 heterocycles. The predicted molar refractivity (Wildman–Crippen MR) is 120 cm³/mol. The summed E-state index contributed by atoms with van der Waals surface area (Å²) in [7, 11) is 2.01. The number of hydrogen-bond donors (Lipinski definition) is 1. The molecule has 1 aliphatic heterocycles. The maximum atomic E-state index is 13.1. The van der Waals surface area contributed by atoms with E-state index in [1.165, 1.54) is 11.3 Å². The number of amides is 1. The van der Waals surface area contributed by atoms with Crippen LogP contribution in [0.5, 0.6) is 0 Å². The number of hydrogen-bond acceptors (Lipinski definition) is 5. The molecule has 29 heavy (non-hydrogen) atoms. The Bertz CT molecular complexity index is 1130. The first kappa shape index (κ1) is 19.6. The Morgan fingerprint density at radius 1 is 1.31 bits per heavy atom. The molecule has 6 nitrogen and oxygen atoms in total. The van der Waals surface area contributed by atoms with Crippen molar-refractivity contribution in [1.82, 2.24) is 9.55 Å². The Morgan fingerprint density at radius 3 is 2.93 bits per heavy atom. The number of rotatable bonds is 4. The molecule has 4 rings (SSSR count). The van der Waals surface area contributed by atoms with Crippen LogP contribution in [0.25, 0.3) is 10.2 Å². The summed E-state index contributed by atoms with van der Waals surface area (Å²) >= 11 is 1.31. The van der Waals surface area contributed by atoms with E-state index in [2.05, 4.69) is 17.1 Å². The SMILES string of the molecule is CCN(C)c1cccc(NC(=O)c2sc3nc4n(c(=O)c3c2C)CCCCC4)c1. The van der Waals surface area contributed by atoms with Crippen molar-refractivity contribution in [2.75, 3.05) is 23.8 Å². The first-order chi connectivity index (χ1) is 14.0. The number of fused-ring (bicyclic) bond motifs is 2. The van der Waals surface area contributed by atoms with E-state index >= 15 is 0 Å². The minimum absolute atomic E-state index is 0.00809. The lowest BCUT2D eigenvalue weighted by Gasteiger charge is -2.17. The van der Waals surface area contributed by atoms with Crippen LogP contribution < -0.4 is 15.8 Å². The largest absolute Gasteiger partial charge is 0.375 e. The van der Waals surface area contributed by atoms with Crippen molar-refractivity contribution in [3.8, 4) is 0 Å². The number of aromatic nitrogens is 2. The second-order valence-corrected chi connectivity index (χ2v) is 8.55. The molecule has 0 radical (unpaired) electrons. The van der Waals surface area contributed by atoms with Crippen molar-refractivity contribution in [3.05, 3.63) is 50.9 Å². The molecule has 3 aromatic rings. The first-order valence-corrected chi connectivity index (χ1v) is 11.0. The van der Waals surface area contributed by atoms with Gasteiger partial charge >= 0.3 is 0 Å². The molecule has 0 atom stereocenters. The lowest BCUT2D eigenvalue weighted by Crippen LogP contribution is -2.24. The van der Waals surface area contributed by atoms with E-state index in [9.17, 15) is 9.59 Å². The van der Waals surface area contributed by atoms with Crippen molar-refractivity contribution in [1.29, 1.82) is 0 Å². The highest BCUT2D eigenvalue weighted by molar-refractivity contribution is 7.20. The van der Waals surface area contributed by atoms with E-state index in [1.807, 2.05) is 38.2 Å². The summed E-state index contributed by atoms with van der Waals surface area (Å²) in [6.45, 7) is 5.53. The molecule has 1 N–H and O–H groups in total. The molecule has 0 saturated heterocycles. The summed E-state index contributed by atoms with van der Waals surface area (Å²) < 4.78 is 1.81. The monoisotopic (exact) mass is 410 g/mol. The topological polar surface area (TPSA) is 67.2 Å². The maximum absolute atomic E-state index is 13.1. The van der Waals surface area contributed by atoms with E-state index in [1.54, 1.807) is 4.57 Å². The predicted octanol–water partition coefficient (Wildman–Crippen LogP) is 4.20. The van der Waals surface area contributed by atoms with Gasteiger partial charge in [0.2, 0.25) is 0 Å². The fraction of sp³-hybridized carbons (Fsp3) is 0.409. The van der Waals surface area contributed by atoms with Gasteiger partial charge < -0.3 is 10.2 Å². The molecule has 0 fully saturated rings. The zero-order valence-electron chi connectivity index (χ0n) is 17.1. The molecule has 2 aromatic heterocycles. The average molecular weight is 411 g/mol. The van der Waals surface area contributed by atoms with Crippen LogP contribution in [0.3, 0.4) is 0 Å². The van der Waals surface area contributed by atoms with Crippen LogP contribution in [0.2, 0.25) is 0 Å².